The zero-order chi connectivity index (χ0) is 15.6. The molecule has 3 heterocycles. The van der Waals surface area contributed by atoms with Crippen LogP contribution in [0.25, 0.3) is 10.1 Å². The fourth-order valence-corrected chi connectivity index (χ4v) is 6.22. The van der Waals surface area contributed by atoms with E-state index in [2.05, 4.69) is 58.2 Å². The van der Waals surface area contributed by atoms with Crippen molar-refractivity contribution in [1.29, 1.82) is 0 Å². The summed E-state index contributed by atoms with van der Waals surface area (Å²) in [7, 11) is 0. The van der Waals surface area contributed by atoms with E-state index in [9.17, 15) is 0 Å². The van der Waals surface area contributed by atoms with Gasteiger partial charge in [0.2, 0.25) is 0 Å². The average Bonchev–Trinajstić information content (AvgIpc) is 3.31. The minimum Gasteiger partial charge on any atom is -0.293 e. The van der Waals surface area contributed by atoms with E-state index >= 15 is 0 Å². The van der Waals surface area contributed by atoms with E-state index in [1.165, 1.54) is 46.1 Å². The van der Waals surface area contributed by atoms with E-state index < -0.39 is 0 Å². The third-order valence-corrected chi connectivity index (χ3v) is 7.39. The van der Waals surface area contributed by atoms with Gasteiger partial charge in [0.1, 0.15) is 0 Å². The van der Waals surface area contributed by atoms with Gasteiger partial charge < -0.3 is 0 Å². The van der Waals surface area contributed by atoms with Gasteiger partial charge in [0, 0.05) is 45.6 Å². The molecule has 0 unspecified atom stereocenters. The highest BCUT2D eigenvalue weighted by molar-refractivity contribution is 7.99. The molecule has 1 aliphatic rings. The molecular weight excluding hydrogens is 340 g/mol. The Bertz CT molecular complexity index is 773. The first-order valence-electron chi connectivity index (χ1n) is 8.01. The first kappa shape index (κ1) is 15.6. The zero-order valence-electron chi connectivity index (χ0n) is 13.2. The van der Waals surface area contributed by atoms with Crippen LogP contribution in [0.3, 0.4) is 0 Å². The summed E-state index contributed by atoms with van der Waals surface area (Å²) < 4.78 is 1.41. The molecule has 0 amide bonds. The number of nitrogens with zero attached hydrogens (tertiary/aromatic N) is 2. The Morgan fingerprint density at radius 2 is 2.22 bits per heavy atom. The SMILES string of the molecule is C[C@@H](c1cscn1)c1c(CCN2CCSC2)sc2ccccc12. The molecule has 0 N–H and O–H groups in total. The van der Waals surface area contributed by atoms with Gasteiger partial charge in [0.15, 0.2) is 0 Å². The molecule has 1 atom stereocenters. The Labute approximate surface area is 149 Å². The summed E-state index contributed by atoms with van der Waals surface area (Å²) in [6.07, 6.45) is 1.16. The molecule has 1 aliphatic heterocycles. The predicted molar refractivity (Wildman–Crippen MR) is 104 cm³/mol. The van der Waals surface area contributed by atoms with Crippen LogP contribution in [0.5, 0.6) is 0 Å². The molecule has 2 nitrogen and oxygen atoms in total. The molecule has 0 radical (unpaired) electrons. The van der Waals surface area contributed by atoms with Crippen LogP contribution >= 0.6 is 34.4 Å². The quantitative estimate of drug-likeness (QED) is 0.633. The van der Waals surface area contributed by atoms with Gasteiger partial charge in [0.05, 0.1) is 11.2 Å². The number of aromatic nitrogens is 1. The van der Waals surface area contributed by atoms with Crippen LogP contribution in [0.1, 0.15) is 29.0 Å². The number of fused-ring (bicyclic) bond motifs is 1. The lowest BCUT2D eigenvalue weighted by Gasteiger charge is -2.15. The highest BCUT2D eigenvalue weighted by Gasteiger charge is 2.21. The molecule has 4 rings (SSSR count). The Morgan fingerprint density at radius 1 is 1.30 bits per heavy atom. The molecule has 5 heteroatoms. The highest BCUT2D eigenvalue weighted by atomic mass is 32.2. The van der Waals surface area contributed by atoms with Crippen molar-refractivity contribution in [2.24, 2.45) is 0 Å². The standard InChI is InChI=1S/C18H20N2S3/c1-13(15-10-22-11-19-15)18-14-4-2-3-5-16(14)23-17(18)6-7-20-8-9-21-12-20/h2-5,10-11,13H,6-9,12H2,1H3/t13-/m0/s1. The highest BCUT2D eigenvalue weighted by Crippen LogP contribution is 2.39. The summed E-state index contributed by atoms with van der Waals surface area (Å²) in [5.74, 6) is 2.86. The molecule has 1 fully saturated rings. The second-order valence-corrected chi connectivity index (χ2v) is 8.91. The normalized spacial score (nSPS) is 17.1. The van der Waals surface area contributed by atoms with Gasteiger partial charge >= 0.3 is 0 Å². The molecule has 1 saturated heterocycles. The maximum Gasteiger partial charge on any atom is 0.0794 e. The minimum absolute atomic E-state index is 0.375. The molecule has 1 aromatic carbocycles. The van der Waals surface area contributed by atoms with Gasteiger partial charge in [-0.1, -0.05) is 25.1 Å². The number of thioether (sulfide) groups is 1. The van der Waals surface area contributed by atoms with Gasteiger partial charge in [-0.2, -0.15) is 0 Å². The Kier molecular flexibility index (Phi) is 4.71. The second-order valence-electron chi connectivity index (χ2n) is 5.98. The summed E-state index contributed by atoms with van der Waals surface area (Å²) in [4.78, 5) is 8.69. The molecule has 0 bridgehead atoms. The number of hydrogen-bond acceptors (Lipinski definition) is 5. The van der Waals surface area contributed by atoms with Crippen molar-refractivity contribution in [2.45, 2.75) is 19.3 Å². The molecule has 23 heavy (non-hydrogen) atoms. The zero-order valence-corrected chi connectivity index (χ0v) is 15.6. The van der Waals surface area contributed by atoms with Crippen LogP contribution in [0.2, 0.25) is 0 Å². The maximum absolute atomic E-state index is 4.57. The van der Waals surface area contributed by atoms with Gasteiger partial charge in [-0.25, -0.2) is 4.98 Å². The van der Waals surface area contributed by atoms with E-state index in [4.69, 9.17) is 0 Å². The van der Waals surface area contributed by atoms with Gasteiger partial charge in [-0.15, -0.1) is 34.4 Å². The second kappa shape index (κ2) is 6.93. The summed E-state index contributed by atoms with van der Waals surface area (Å²) in [6, 6.07) is 8.84. The molecule has 0 aliphatic carbocycles. The largest absolute Gasteiger partial charge is 0.293 e. The Balaban J connectivity index is 1.69. The lowest BCUT2D eigenvalue weighted by Crippen LogP contribution is -2.22. The molecular formula is C18H20N2S3. The molecule has 120 valence electrons. The topological polar surface area (TPSA) is 16.1 Å². The van der Waals surface area contributed by atoms with E-state index in [0.717, 1.165) is 6.42 Å². The molecule has 0 saturated carbocycles. The number of rotatable bonds is 5. The summed E-state index contributed by atoms with van der Waals surface area (Å²) in [5, 5.41) is 3.61. The summed E-state index contributed by atoms with van der Waals surface area (Å²) in [6.45, 7) is 4.72. The van der Waals surface area contributed by atoms with Gasteiger partial charge in [-0.05, 0) is 23.4 Å². The fourth-order valence-electron chi connectivity index (χ4n) is 3.25. The predicted octanol–water partition coefficient (Wildman–Crippen LogP) is 5.06. The Morgan fingerprint density at radius 3 is 3.00 bits per heavy atom. The molecule has 2 aromatic heterocycles. The van der Waals surface area contributed by atoms with Crippen LogP contribution in [0.15, 0.2) is 35.2 Å². The molecule has 0 spiro atoms. The lowest BCUT2D eigenvalue weighted by atomic mass is 9.94. The van der Waals surface area contributed by atoms with Gasteiger partial charge in [0.25, 0.3) is 0 Å². The fraction of sp³-hybridized carbons (Fsp3) is 0.389. The van der Waals surface area contributed by atoms with E-state index in [0.29, 0.717) is 5.92 Å². The summed E-state index contributed by atoms with van der Waals surface area (Å²) >= 11 is 5.72. The van der Waals surface area contributed by atoms with Crippen molar-refractivity contribution in [2.75, 3.05) is 24.7 Å². The third kappa shape index (κ3) is 3.20. The van der Waals surface area contributed by atoms with Crippen molar-refractivity contribution < 1.29 is 0 Å². The van der Waals surface area contributed by atoms with Crippen LogP contribution in [-0.2, 0) is 6.42 Å². The Hall–Kier alpha value is -0.880. The number of thiophene rings is 1. The van der Waals surface area contributed by atoms with E-state index in [1.54, 1.807) is 16.2 Å². The van der Waals surface area contributed by atoms with Crippen molar-refractivity contribution in [3.63, 3.8) is 0 Å². The van der Waals surface area contributed by atoms with Crippen LogP contribution in [-0.4, -0.2) is 34.6 Å². The minimum atomic E-state index is 0.375. The maximum atomic E-state index is 4.57. The van der Waals surface area contributed by atoms with E-state index in [1.807, 2.05) is 16.8 Å². The number of benzene rings is 1. The van der Waals surface area contributed by atoms with Crippen LogP contribution in [0.4, 0.5) is 0 Å². The summed E-state index contributed by atoms with van der Waals surface area (Å²) in [5.41, 5.74) is 4.65. The van der Waals surface area contributed by atoms with Crippen molar-refractivity contribution >= 4 is 44.5 Å². The molecule has 3 aromatic rings. The third-order valence-electron chi connectivity index (χ3n) is 4.52. The van der Waals surface area contributed by atoms with Gasteiger partial charge in [-0.3, -0.25) is 4.90 Å². The lowest BCUT2D eigenvalue weighted by molar-refractivity contribution is 0.361. The van der Waals surface area contributed by atoms with Crippen LogP contribution < -0.4 is 0 Å². The van der Waals surface area contributed by atoms with Crippen molar-refractivity contribution in [1.82, 2.24) is 9.88 Å². The monoisotopic (exact) mass is 360 g/mol. The first-order chi connectivity index (χ1) is 11.3. The first-order valence-corrected chi connectivity index (χ1v) is 10.9. The smallest absolute Gasteiger partial charge is 0.0794 e. The number of hydrogen-bond donors (Lipinski definition) is 0. The average molecular weight is 361 g/mol. The number of thiazole rings is 1. The van der Waals surface area contributed by atoms with Crippen molar-refractivity contribution in [3.05, 3.63) is 51.3 Å². The van der Waals surface area contributed by atoms with E-state index in [-0.39, 0.29) is 0 Å². The van der Waals surface area contributed by atoms with Crippen molar-refractivity contribution in [3.8, 4) is 0 Å². The van der Waals surface area contributed by atoms with Crippen LogP contribution in [0, 0.1) is 0 Å².